The molecule has 5 rings (SSSR count). The lowest BCUT2D eigenvalue weighted by Gasteiger charge is -2.34. The van der Waals surface area contributed by atoms with Gasteiger partial charge in [-0.2, -0.15) is 4.37 Å². The Bertz CT molecular complexity index is 1520. The quantitative estimate of drug-likeness (QED) is 0.299. The number of nitrogens with one attached hydrogen (secondary N) is 1. The first-order valence-electron chi connectivity index (χ1n) is 13.1. The SMILES string of the molecule is Cc1ccc([C@H](C(=O)NC2CCCCC2)N(C(=O)c2snc(C(N)=O)c2N)c2cccc3ccccc23)cc1. The van der Waals surface area contributed by atoms with Crippen LogP contribution in [0.3, 0.4) is 0 Å². The molecule has 1 atom stereocenters. The fourth-order valence-corrected chi connectivity index (χ4v) is 5.96. The van der Waals surface area contributed by atoms with Crippen LogP contribution in [0.15, 0.2) is 66.7 Å². The van der Waals surface area contributed by atoms with Crippen LogP contribution in [-0.2, 0) is 4.79 Å². The summed E-state index contributed by atoms with van der Waals surface area (Å²) in [7, 11) is 0. The highest BCUT2D eigenvalue weighted by Crippen LogP contribution is 2.37. The van der Waals surface area contributed by atoms with Crippen LogP contribution in [-0.4, -0.2) is 28.1 Å². The van der Waals surface area contributed by atoms with Crippen molar-refractivity contribution < 1.29 is 14.4 Å². The highest BCUT2D eigenvalue weighted by Gasteiger charge is 2.37. The second-order valence-electron chi connectivity index (χ2n) is 9.97. The number of nitrogens with two attached hydrogens (primary N) is 2. The van der Waals surface area contributed by atoms with Crippen molar-refractivity contribution in [1.29, 1.82) is 0 Å². The van der Waals surface area contributed by atoms with Crippen LogP contribution >= 0.6 is 11.5 Å². The molecule has 3 amide bonds. The van der Waals surface area contributed by atoms with E-state index in [9.17, 15) is 14.4 Å². The topological polar surface area (TPSA) is 131 Å². The van der Waals surface area contributed by atoms with Gasteiger partial charge in [-0.1, -0.05) is 85.5 Å². The van der Waals surface area contributed by atoms with Crippen LogP contribution in [0.25, 0.3) is 10.8 Å². The summed E-state index contributed by atoms with van der Waals surface area (Å²) in [4.78, 5) is 42.0. The fraction of sp³-hybridized carbons (Fsp3) is 0.267. The van der Waals surface area contributed by atoms with Crippen molar-refractivity contribution in [3.63, 3.8) is 0 Å². The highest BCUT2D eigenvalue weighted by molar-refractivity contribution is 7.09. The molecule has 9 heteroatoms. The molecule has 1 aliphatic carbocycles. The van der Waals surface area contributed by atoms with Gasteiger partial charge in [0.2, 0.25) is 5.91 Å². The normalized spacial score (nSPS) is 14.6. The van der Waals surface area contributed by atoms with Crippen molar-refractivity contribution >= 4 is 51.4 Å². The van der Waals surface area contributed by atoms with Gasteiger partial charge in [0.05, 0.1) is 11.4 Å². The number of primary amides is 1. The monoisotopic (exact) mass is 541 g/mol. The van der Waals surface area contributed by atoms with Crippen LogP contribution < -0.4 is 21.7 Å². The number of rotatable bonds is 7. The largest absolute Gasteiger partial charge is 0.395 e. The van der Waals surface area contributed by atoms with Crippen LogP contribution in [0.5, 0.6) is 0 Å². The zero-order valence-corrected chi connectivity index (χ0v) is 22.5. The third-order valence-corrected chi connectivity index (χ3v) is 8.10. The summed E-state index contributed by atoms with van der Waals surface area (Å²) in [6, 6.07) is 20.0. The van der Waals surface area contributed by atoms with Crippen molar-refractivity contribution in [2.75, 3.05) is 10.6 Å². The maximum Gasteiger partial charge on any atom is 0.273 e. The van der Waals surface area contributed by atoms with Crippen LogP contribution in [0, 0.1) is 6.92 Å². The number of benzene rings is 3. The molecule has 1 fully saturated rings. The highest BCUT2D eigenvalue weighted by atomic mass is 32.1. The third kappa shape index (κ3) is 5.35. The summed E-state index contributed by atoms with van der Waals surface area (Å²) in [6.45, 7) is 1.97. The van der Waals surface area contributed by atoms with Crippen molar-refractivity contribution in [3.8, 4) is 0 Å². The number of nitrogens with zero attached hydrogens (tertiary/aromatic N) is 2. The second kappa shape index (κ2) is 11.2. The molecule has 1 heterocycles. The third-order valence-electron chi connectivity index (χ3n) is 7.25. The standard InChI is InChI=1S/C30H31N5O3S/c1-18-14-16-20(17-15-18)26(29(37)33-21-10-3-2-4-11-21)35(23-13-7-9-19-8-5-6-12-22(19)23)30(38)27-24(31)25(28(32)36)34-39-27/h5-9,12-17,21,26H,2-4,10-11,31H2,1H3,(H2,32,36)(H,33,37)/t26-/m1/s1. The van der Waals surface area contributed by atoms with Crippen molar-refractivity contribution in [2.45, 2.75) is 51.1 Å². The number of carbonyl (C=O) groups excluding carboxylic acids is 3. The van der Waals surface area contributed by atoms with E-state index in [-0.39, 0.29) is 28.2 Å². The molecule has 5 N–H and O–H groups in total. The van der Waals surface area contributed by atoms with Crippen LogP contribution in [0.2, 0.25) is 0 Å². The van der Waals surface area contributed by atoms with Crippen LogP contribution in [0.4, 0.5) is 11.4 Å². The molecule has 3 aromatic carbocycles. The fourth-order valence-electron chi connectivity index (χ4n) is 5.22. The number of aromatic nitrogens is 1. The Labute approximate surface area is 231 Å². The van der Waals surface area contributed by atoms with Gasteiger partial charge >= 0.3 is 0 Å². The molecule has 4 aromatic rings. The van der Waals surface area contributed by atoms with E-state index >= 15 is 0 Å². The molecular weight excluding hydrogens is 510 g/mol. The molecule has 1 aromatic heterocycles. The number of anilines is 2. The zero-order valence-electron chi connectivity index (χ0n) is 21.7. The van der Waals surface area contributed by atoms with E-state index in [1.165, 1.54) is 4.90 Å². The van der Waals surface area contributed by atoms with E-state index in [4.69, 9.17) is 11.5 Å². The molecule has 0 bridgehead atoms. The molecule has 200 valence electrons. The number of hydrogen-bond acceptors (Lipinski definition) is 6. The Morgan fingerprint density at radius 2 is 1.67 bits per heavy atom. The maximum atomic E-state index is 14.4. The second-order valence-corrected chi connectivity index (χ2v) is 10.7. The lowest BCUT2D eigenvalue weighted by atomic mass is 9.94. The van der Waals surface area contributed by atoms with Crippen molar-refractivity contribution in [3.05, 3.63) is 88.4 Å². The number of aryl methyl sites for hydroxylation is 1. The van der Waals surface area contributed by atoms with Gasteiger partial charge in [0.15, 0.2) is 5.69 Å². The van der Waals surface area contributed by atoms with Gasteiger partial charge in [-0.25, -0.2) is 0 Å². The average Bonchev–Trinajstić information content (AvgIpc) is 3.34. The van der Waals surface area contributed by atoms with Crippen molar-refractivity contribution in [1.82, 2.24) is 9.69 Å². The van der Waals surface area contributed by atoms with E-state index in [1.54, 1.807) is 0 Å². The summed E-state index contributed by atoms with van der Waals surface area (Å²) in [5.41, 5.74) is 13.7. The number of nitrogen functional groups attached to an aromatic ring is 1. The summed E-state index contributed by atoms with van der Waals surface area (Å²) < 4.78 is 4.05. The minimum atomic E-state index is -0.996. The molecule has 0 spiro atoms. The molecule has 0 aliphatic heterocycles. The number of amides is 3. The first-order valence-corrected chi connectivity index (χ1v) is 13.9. The number of carbonyl (C=O) groups is 3. The lowest BCUT2D eigenvalue weighted by Crippen LogP contribution is -2.47. The van der Waals surface area contributed by atoms with Gasteiger partial charge in [0, 0.05) is 11.4 Å². The summed E-state index contributed by atoms with van der Waals surface area (Å²) in [5, 5.41) is 4.94. The Kier molecular flexibility index (Phi) is 7.60. The predicted molar refractivity (Wildman–Crippen MR) is 155 cm³/mol. The Balaban J connectivity index is 1.70. The Morgan fingerprint density at radius 1 is 0.974 bits per heavy atom. The van der Waals surface area contributed by atoms with Gasteiger partial charge < -0.3 is 16.8 Å². The number of hydrogen-bond donors (Lipinski definition) is 3. The first-order chi connectivity index (χ1) is 18.8. The van der Waals surface area contributed by atoms with Gasteiger partial charge in [0.25, 0.3) is 11.8 Å². The smallest absolute Gasteiger partial charge is 0.273 e. The number of fused-ring (bicyclic) bond motifs is 1. The summed E-state index contributed by atoms with van der Waals surface area (Å²) in [6.07, 6.45) is 5.07. The minimum Gasteiger partial charge on any atom is -0.395 e. The van der Waals surface area contributed by atoms with E-state index in [2.05, 4.69) is 9.69 Å². The van der Waals surface area contributed by atoms with Gasteiger partial charge in [-0.15, -0.1) is 0 Å². The maximum absolute atomic E-state index is 14.4. The van der Waals surface area contributed by atoms with E-state index in [0.717, 1.165) is 60.0 Å². The Morgan fingerprint density at radius 3 is 2.36 bits per heavy atom. The van der Waals surface area contributed by atoms with E-state index in [0.29, 0.717) is 11.3 Å². The van der Waals surface area contributed by atoms with Gasteiger partial charge in [0.1, 0.15) is 10.9 Å². The van der Waals surface area contributed by atoms with E-state index < -0.39 is 17.9 Å². The lowest BCUT2D eigenvalue weighted by molar-refractivity contribution is -0.123. The molecule has 0 saturated heterocycles. The molecule has 0 unspecified atom stereocenters. The summed E-state index contributed by atoms with van der Waals surface area (Å²) in [5.74, 6) is -1.62. The molecule has 8 nitrogen and oxygen atoms in total. The van der Waals surface area contributed by atoms with Crippen molar-refractivity contribution in [2.24, 2.45) is 5.73 Å². The van der Waals surface area contributed by atoms with E-state index in [1.807, 2.05) is 73.7 Å². The first kappa shape index (κ1) is 26.4. The zero-order chi connectivity index (χ0) is 27.5. The van der Waals surface area contributed by atoms with Gasteiger partial charge in [-0.05, 0) is 48.3 Å². The molecular formula is C30H31N5O3S. The van der Waals surface area contributed by atoms with Crippen LogP contribution in [0.1, 0.15) is 69.4 Å². The molecule has 1 aliphatic rings. The summed E-state index contributed by atoms with van der Waals surface area (Å²) >= 11 is 0.805. The van der Waals surface area contributed by atoms with Gasteiger partial charge in [-0.3, -0.25) is 19.3 Å². The average molecular weight is 542 g/mol. The molecule has 0 radical (unpaired) electrons. The molecule has 39 heavy (non-hydrogen) atoms. The molecule has 1 saturated carbocycles. The Hall–Kier alpha value is -4.24. The minimum absolute atomic E-state index is 0.0404. The predicted octanol–water partition coefficient (Wildman–Crippen LogP) is 5.12.